The Morgan fingerprint density at radius 3 is 1.35 bits per heavy atom. The molecule has 17 heavy (non-hydrogen) atoms. The molecule has 0 spiro atoms. The molecular weight excluding hydrogens is 250 g/mol. The first-order valence-corrected chi connectivity index (χ1v) is 11.1. The van der Waals surface area contributed by atoms with Gasteiger partial charge in [0.15, 0.2) is 0 Å². The molecule has 2 nitrogen and oxygen atoms in total. The van der Waals surface area contributed by atoms with E-state index in [-0.39, 0.29) is 15.8 Å². The average Bonchev–Trinajstić information content (AvgIpc) is 2.22. The van der Waals surface area contributed by atoms with Crippen LogP contribution in [0.3, 0.4) is 0 Å². The van der Waals surface area contributed by atoms with E-state index >= 15 is 0 Å². The fourth-order valence-corrected chi connectivity index (χ4v) is 6.19. The topological polar surface area (TPSA) is 18.5 Å². The van der Waals surface area contributed by atoms with Gasteiger partial charge >= 0.3 is 0 Å². The molecule has 0 amide bonds. The summed E-state index contributed by atoms with van der Waals surface area (Å²) < 4.78 is 10.6. The number of hydrogen-bond donors (Lipinski definition) is 0. The summed E-state index contributed by atoms with van der Waals surface area (Å²) in [5.74, 6) is 0. The SMILES string of the molecule is COCCC(CCOC)(CP(C)C)CP(C)C. The molecule has 0 bridgehead atoms. The summed E-state index contributed by atoms with van der Waals surface area (Å²) in [4.78, 5) is 0. The van der Waals surface area contributed by atoms with Crippen molar-refractivity contribution in [1.82, 2.24) is 0 Å². The standard InChI is InChI=1S/C13H30O2P2/c1-14-9-7-13(8-10-15-2,11-16(3)4)12-17(5)6/h7-12H2,1-6H3. The van der Waals surface area contributed by atoms with Gasteiger partial charge in [0, 0.05) is 27.4 Å². The van der Waals surface area contributed by atoms with E-state index in [1.54, 1.807) is 0 Å². The molecule has 0 radical (unpaired) electrons. The lowest BCUT2D eigenvalue weighted by Crippen LogP contribution is -2.31. The Morgan fingerprint density at radius 1 is 0.765 bits per heavy atom. The van der Waals surface area contributed by atoms with Crippen LogP contribution in [0.2, 0.25) is 0 Å². The van der Waals surface area contributed by atoms with Crippen LogP contribution in [0.1, 0.15) is 12.8 Å². The Hall–Kier alpha value is 0.780. The third-order valence-electron chi connectivity index (χ3n) is 2.98. The monoisotopic (exact) mass is 280 g/mol. The maximum absolute atomic E-state index is 5.31. The zero-order valence-corrected chi connectivity index (χ0v) is 14.2. The quantitative estimate of drug-likeness (QED) is 0.570. The molecule has 0 aliphatic carbocycles. The molecule has 0 aromatic carbocycles. The first kappa shape index (κ1) is 17.8. The van der Waals surface area contributed by atoms with E-state index in [1.807, 2.05) is 14.2 Å². The van der Waals surface area contributed by atoms with Crippen molar-refractivity contribution in [3.05, 3.63) is 0 Å². The molecule has 0 rings (SSSR count). The van der Waals surface area contributed by atoms with E-state index in [2.05, 4.69) is 26.7 Å². The van der Waals surface area contributed by atoms with E-state index in [0.29, 0.717) is 5.41 Å². The number of ether oxygens (including phenoxy) is 2. The molecule has 0 saturated carbocycles. The summed E-state index contributed by atoms with van der Waals surface area (Å²) in [7, 11) is 3.91. The summed E-state index contributed by atoms with van der Waals surface area (Å²) in [5.41, 5.74) is 0.455. The predicted octanol–water partition coefficient (Wildman–Crippen LogP) is 3.53. The lowest BCUT2D eigenvalue weighted by Gasteiger charge is -2.37. The van der Waals surface area contributed by atoms with E-state index in [0.717, 1.165) is 13.2 Å². The highest BCUT2D eigenvalue weighted by molar-refractivity contribution is 7.57. The minimum absolute atomic E-state index is 0.147. The van der Waals surface area contributed by atoms with Gasteiger partial charge < -0.3 is 9.47 Å². The maximum atomic E-state index is 5.31. The van der Waals surface area contributed by atoms with E-state index in [9.17, 15) is 0 Å². The van der Waals surface area contributed by atoms with E-state index in [1.165, 1.54) is 25.2 Å². The Kier molecular flexibility index (Phi) is 10.1. The lowest BCUT2D eigenvalue weighted by molar-refractivity contribution is 0.117. The summed E-state index contributed by atoms with van der Waals surface area (Å²) in [6.45, 7) is 11.3. The summed E-state index contributed by atoms with van der Waals surface area (Å²) >= 11 is 0. The lowest BCUT2D eigenvalue weighted by atomic mass is 9.85. The van der Waals surface area contributed by atoms with Gasteiger partial charge in [-0.3, -0.25) is 0 Å². The van der Waals surface area contributed by atoms with Crippen LogP contribution in [0.25, 0.3) is 0 Å². The number of rotatable bonds is 10. The summed E-state index contributed by atoms with van der Waals surface area (Å²) in [6.07, 6.45) is 5.09. The van der Waals surface area contributed by atoms with Crippen LogP contribution in [-0.4, -0.2) is 66.4 Å². The highest BCUT2D eigenvalue weighted by atomic mass is 31.1. The van der Waals surface area contributed by atoms with Crippen LogP contribution in [0.5, 0.6) is 0 Å². The number of hydrogen-bond acceptors (Lipinski definition) is 2. The van der Waals surface area contributed by atoms with Gasteiger partial charge in [-0.25, -0.2) is 0 Å². The van der Waals surface area contributed by atoms with Crippen molar-refractivity contribution in [2.45, 2.75) is 12.8 Å². The maximum Gasteiger partial charge on any atom is 0.0467 e. The molecule has 0 heterocycles. The first-order valence-electron chi connectivity index (χ1n) is 6.23. The van der Waals surface area contributed by atoms with Crippen LogP contribution in [0.15, 0.2) is 0 Å². The van der Waals surface area contributed by atoms with Crippen LogP contribution in [0, 0.1) is 5.41 Å². The summed E-state index contributed by atoms with van der Waals surface area (Å²) in [6, 6.07) is 0. The fraction of sp³-hybridized carbons (Fsp3) is 1.00. The predicted molar refractivity (Wildman–Crippen MR) is 82.7 cm³/mol. The van der Waals surface area contributed by atoms with Gasteiger partial charge in [0.25, 0.3) is 0 Å². The molecule has 0 atom stereocenters. The zero-order valence-electron chi connectivity index (χ0n) is 12.5. The third kappa shape index (κ3) is 8.49. The van der Waals surface area contributed by atoms with Gasteiger partial charge in [0.1, 0.15) is 0 Å². The highest BCUT2D eigenvalue weighted by Gasteiger charge is 2.31. The van der Waals surface area contributed by atoms with Gasteiger partial charge in [0.2, 0.25) is 0 Å². The zero-order chi connectivity index (χ0) is 13.3. The fourth-order valence-electron chi connectivity index (χ4n) is 2.47. The normalized spacial score (nSPS) is 12.7. The van der Waals surface area contributed by atoms with Crippen LogP contribution in [-0.2, 0) is 9.47 Å². The van der Waals surface area contributed by atoms with Gasteiger partial charge in [-0.05, 0) is 57.2 Å². The molecule has 0 aromatic rings. The van der Waals surface area contributed by atoms with Crippen molar-refractivity contribution in [2.24, 2.45) is 5.41 Å². The van der Waals surface area contributed by atoms with Crippen molar-refractivity contribution in [1.29, 1.82) is 0 Å². The molecule has 0 saturated heterocycles. The Bertz CT molecular complexity index is 164. The summed E-state index contributed by atoms with van der Waals surface area (Å²) in [5, 5.41) is 0. The number of methoxy groups -OCH3 is 2. The van der Waals surface area contributed by atoms with Gasteiger partial charge in [-0.2, -0.15) is 0 Å². The molecule has 0 N–H and O–H groups in total. The minimum atomic E-state index is 0.147. The molecule has 0 unspecified atom stereocenters. The molecule has 0 aromatic heterocycles. The Balaban J connectivity index is 4.63. The smallest absolute Gasteiger partial charge is 0.0467 e. The highest BCUT2D eigenvalue weighted by Crippen LogP contribution is 2.46. The molecule has 0 aliphatic rings. The minimum Gasteiger partial charge on any atom is -0.385 e. The first-order chi connectivity index (χ1) is 7.95. The van der Waals surface area contributed by atoms with Crippen LogP contribution in [0.4, 0.5) is 0 Å². The van der Waals surface area contributed by atoms with Gasteiger partial charge in [-0.1, -0.05) is 0 Å². The van der Waals surface area contributed by atoms with Crippen LogP contribution >= 0.6 is 15.8 Å². The molecular formula is C13H30O2P2. The largest absolute Gasteiger partial charge is 0.385 e. The molecule has 4 heteroatoms. The van der Waals surface area contributed by atoms with Crippen molar-refractivity contribution in [2.75, 3.05) is 66.4 Å². The Labute approximate surface area is 110 Å². The molecule has 0 aliphatic heterocycles. The van der Waals surface area contributed by atoms with Crippen molar-refractivity contribution < 1.29 is 9.47 Å². The van der Waals surface area contributed by atoms with E-state index in [4.69, 9.17) is 9.47 Å². The third-order valence-corrected chi connectivity index (χ3v) is 5.58. The second-order valence-electron chi connectivity index (χ2n) is 5.46. The van der Waals surface area contributed by atoms with Crippen molar-refractivity contribution >= 4 is 15.8 Å². The second kappa shape index (κ2) is 9.68. The molecule has 104 valence electrons. The second-order valence-corrected chi connectivity index (χ2v) is 10.4. The van der Waals surface area contributed by atoms with E-state index < -0.39 is 0 Å². The van der Waals surface area contributed by atoms with Crippen molar-refractivity contribution in [3.63, 3.8) is 0 Å². The molecule has 0 fully saturated rings. The van der Waals surface area contributed by atoms with Crippen LogP contribution < -0.4 is 0 Å². The Morgan fingerprint density at radius 2 is 1.12 bits per heavy atom. The van der Waals surface area contributed by atoms with Gasteiger partial charge in [-0.15, -0.1) is 15.8 Å². The van der Waals surface area contributed by atoms with Gasteiger partial charge in [0.05, 0.1) is 0 Å². The van der Waals surface area contributed by atoms with Crippen molar-refractivity contribution in [3.8, 4) is 0 Å². The average molecular weight is 280 g/mol.